The fourth-order valence-corrected chi connectivity index (χ4v) is 1.36. The van der Waals surface area contributed by atoms with Crippen LogP contribution in [0, 0.1) is 18.3 Å². The standard InChI is InChI=1S/C12H17N3O/c1-3-16-8-4-6-14-12-11(9-13)10(2)5-7-15-12/h5,7H,3-4,6,8H2,1-2H3,(H,14,15). The fourth-order valence-electron chi connectivity index (χ4n) is 1.36. The van der Waals surface area contributed by atoms with E-state index in [2.05, 4.69) is 16.4 Å². The Hall–Kier alpha value is -1.60. The molecule has 0 spiro atoms. The Morgan fingerprint density at radius 2 is 2.38 bits per heavy atom. The van der Waals surface area contributed by atoms with Gasteiger partial charge in [-0.3, -0.25) is 0 Å². The van der Waals surface area contributed by atoms with Crippen molar-refractivity contribution in [1.82, 2.24) is 4.98 Å². The second-order valence-electron chi connectivity index (χ2n) is 3.44. The van der Waals surface area contributed by atoms with Crippen LogP contribution in [0.3, 0.4) is 0 Å². The second-order valence-corrected chi connectivity index (χ2v) is 3.44. The molecule has 0 saturated heterocycles. The second kappa shape index (κ2) is 6.81. The van der Waals surface area contributed by atoms with Crippen LogP contribution in [0.15, 0.2) is 12.3 Å². The third-order valence-electron chi connectivity index (χ3n) is 2.23. The van der Waals surface area contributed by atoms with Crippen molar-refractivity contribution in [2.24, 2.45) is 0 Å². The van der Waals surface area contributed by atoms with Crippen LogP contribution < -0.4 is 5.32 Å². The lowest BCUT2D eigenvalue weighted by atomic mass is 10.1. The van der Waals surface area contributed by atoms with Gasteiger partial charge in [-0.15, -0.1) is 0 Å². The molecule has 0 saturated carbocycles. The molecule has 0 atom stereocenters. The van der Waals surface area contributed by atoms with E-state index >= 15 is 0 Å². The number of ether oxygens (including phenoxy) is 1. The summed E-state index contributed by atoms with van der Waals surface area (Å²) < 4.78 is 5.23. The van der Waals surface area contributed by atoms with E-state index in [1.54, 1.807) is 6.20 Å². The first-order chi connectivity index (χ1) is 7.79. The Labute approximate surface area is 96.3 Å². The summed E-state index contributed by atoms with van der Waals surface area (Å²) in [7, 11) is 0. The quantitative estimate of drug-likeness (QED) is 0.744. The highest BCUT2D eigenvalue weighted by Gasteiger charge is 2.04. The minimum absolute atomic E-state index is 0.624. The molecule has 1 rings (SSSR count). The van der Waals surface area contributed by atoms with E-state index in [0.29, 0.717) is 11.4 Å². The summed E-state index contributed by atoms with van der Waals surface area (Å²) in [4.78, 5) is 4.15. The maximum Gasteiger partial charge on any atom is 0.144 e. The number of nitriles is 1. The SMILES string of the molecule is CCOCCCNc1nccc(C)c1C#N. The normalized spacial score (nSPS) is 9.81. The molecule has 0 fully saturated rings. The number of pyridine rings is 1. The fraction of sp³-hybridized carbons (Fsp3) is 0.500. The van der Waals surface area contributed by atoms with Crippen LogP contribution in [0.1, 0.15) is 24.5 Å². The summed E-state index contributed by atoms with van der Waals surface area (Å²) in [6, 6.07) is 4.00. The van der Waals surface area contributed by atoms with E-state index < -0.39 is 0 Å². The van der Waals surface area contributed by atoms with Gasteiger partial charge in [0.2, 0.25) is 0 Å². The number of aromatic nitrogens is 1. The largest absolute Gasteiger partial charge is 0.382 e. The zero-order valence-electron chi connectivity index (χ0n) is 9.79. The topological polar surface area (TPSA) is 57.9 Å². The molecule has 1 aromatic rings. The summed E-state index contributed by atoms with van der Waals surface area (Å²) in [6.45, 7) is 6.13. The molecular weight excluding hydrogens is 202 g/mol. The average Bonchev–Trinajstić information content (AvgIpc) is 2.29. The number of hydrogen-bond acceptors (Lipinski definition) is 4. The van der Waals surface area contributed by atoms with E-state index in [1.165, 1.54) is 0 Å². The first kappa shape index (κ1) is 12.5. The number of aryl methyl sites for hydroxylation is 1. The Morgan fingerprint density at radius 3 is 3.06 bits per heavy atom. The molecule has 0 aromatic carbocycles. The van der Waals surface area contributed by atoms with Gasteiger partial charge in [0.15, 0.2) is 0 Å². The van der Waals surface area contributed by atoms with Crippen molar-refractivity contribution >= 4 is 5.82 Å². The maximum absolute atomic E-state index is 8.99. The predicted molar refractivity (Wildman–Crippen MR) is 63.3 cm³/mol. The average molecular weight is 219 g/mol. The van der Waals surface area contributed by atoms with Gasteiger partial charge in [0.05, 0.1) is 5.56 Å². The number of hydrogen-bond donors (Lipinski definition) is 1. The van der Waals surface area contributed by atoms with Crippen molar-refractivity contribution in [3.05, 3.63) is 23.4 Å². The lowest BCUT2D eigenvalue weighted by molar-refractivity contribution is 0.147. The van der Waals surface area contributed by atoms with Crippen molar-refractivity contribution in [2.75, 3.05) is 25.1 Å². The molecule has 0 amide bonds. The highest BCUT2D eigenvalue weighted by Crippen LogP contribution is 2.14. The smallest absolute Gasteiger partial charge is 0.144 e. The van der Waals surface area contributed by atoms with Crippen molar-refractivity contribution in [3.8, 4) is 6.07 Å². The predicted octanol–water partition coefficient (Wildman–Crippen LogP) is 2.10. The van der Waals surface area contributed by atoms with Crippen LogP contribution in [0.5, 0.6) is 0 Å². The molecule has 0 aliphatic carbocycles. The highest BCUT2D eigenvalue weighted by atomic mass is 16.5. The summed E-state index contributed by atoms with van der Waals surface area (Å²) >= 11 is 0. The van der Waals surface area contributed by atoms with Gasteiger partial charge in [-0.05, 0) is 31.9 Å². The minimum Gasteiger partial charge on any atom is -0.382 e. The first-order valence-corrected chi connectivity index (χ1v) is 5.47. The van der Waals surface area contributed by atoms with Crippen molar-refractivity contribution in [1.29, 1.82) is 5.26 Å². The van der Waals surface area contributed by atoms with E-state index in [0.717, 1.165) is 31.7 Å². The number of nitrogens with one attached hydrogen (secondary N) is 1. The highest BCUT2D eigenvalue weighted by molar-refractivity contribution is 5.55. The summed E-state index contributed by atoms with van der Waals surface area (Å²) in [5.41, 5.74) is 1.57. The molecule has 0 radical (unpaired) electrons. The lowest BCUT2D eigenvalue weighted by Crippen LogP contribution is -2.08. The van der Waals surface area contributed by atoms with Crippen LogP contribution >= 0.6 is 0 Å². The third-order valence-corrected chi connectivity index (χ3v) is 2.23. The molecule has 4 nitrogen and oxygen atoms in total. The van der Waals surface area contributed by atoms with E-state index in [4.69, 9.17) is 10.00 Å². The molecule has 1 N–H and O–H groups in total. The summed E-state index contributed by atoms with van der Waals surface area (Å²) in [5, 5.41) is 12.1. The maximum atomic E-state index is 8.99. The molecule has 4 heteroatoms. The van der Waals surface area contributed by atoms with Crippen LogP contribution in [0.4, 0.5) is 5.82 Å². The van der Waals surface area contributed by atoms with E-state index in [1.807, 2.05) is 19.9 Å². The number of rotatable bonds is 6. The van der Waals surface area contributed by atoms with E-state index in [9.17, 15) is 0 Å². The zero-order valence-corrected chi connectivity index (χ0v) is 9.79. The zero-order chi connectivity index (χ0) is 11.8. The van der Waals surface area contributed by atoms with Crippen molar-refractivity contribution in [2.45, 2.75) is 20.3 Å². The first-order valence-electron chi connectivity index (χ1n) is 5.47. The number of anilines is 1. The van der Waals surface area contributed by atoms with Gasteiger partial charge in [0, 0.05) is 26.0 Å². The van der Waals surface area contributed by atoms with Gasteiger partial charge in [-0.1, -0.05) is 0 Å². The number of nitrogens with zero attached hydrogens (tertiary/aromatic N) is 2. The van der Waals surface area contributed by atoms with Gasteiger partial charge in [0.1, 0.15) is 11.9 Å². The lowest BCUT2D eigenvalue weighted by Gasteiger charge is -2.08. The van der Waals surface area contributed by atoms with Gasteiger partial charge < -0.3 is 10.1 Å². The molecule has 0 aliphatic rings. The van der Waals surface area contributed by atoms with Crippen molar-refractivity contribution in [3.63, 3.8) is 0 Å². The van der Waals surface area contributed by atoms with Crippen LogP contribution in [-0.4, -0.2) is 24.7 Å². The molecule has 0 unspecified atom stereocenters. The van der Waals surface area contributed by atoms with Crippen LogP contribution in [0.25, 0.3) is 0 Å². The summed E-state index contributed by atoms with van der Waals surface area (Å²) in [5.74, 6) is 0.666. The van der Waals surface area contributed by atoms with Crippen LogP contribution in [0.2, 0.25) is 0 Å². The Kier molecular flexibility index (Phi) is 5.30. The summed E-state index contributed by atoms with van der Waals surface area (Å²) in [6.07, 6.45) is 2.62. The van der Waals surface area contributed by atoms with E-state index in [-0.39, 0.29) is 0 Å². The Bertz CT molecular complexity index is 371. The Balaban J connectivity index is 2.48. The molecular formula is C12H17N3O. The minimum atomic E-state index is 0.624. The van der Waals surface area contributed by atoms with Gasteiger partial charge in [0.25, 0.3) is 0 Å². The molecule has 0 bridgehead atoms. The third kappa shape index (κ3) is 3.52. The molecule has 16 heavy (non-hydrogen) atoms. The van der Waals surface area contributed by atoms with Crippen LogP contribution in [-0.2, 0) is 4.74 Å². The van der Waals surface area contributed by atoms with Gasteiger partial charge >= 0.3 is 0 Å². The van der Waals surface area contributed by atoms with Gasteiger partial charge in [-0.2, -0.15) is 5.26 Å². The Morgan fingerprint density at radius 1 is 1.56 bits per heavy atom. The molecule has 0 aliphatic heterocycles. The monoisotopic (exact) mass is 219 g/mol. The van der Waals surface area contributed by atoms with Crippen molar-refractivity contribution < 1.29 is 4.74 Å². The molecule has 86 valence electrons. The molecule has 1 heterocycles. The molecule has 1 aromatic heterocycles. The van der Waals surface area contributed by atoms with Gasteiger partial charge in [-0.25, -0.2) is 4.98 Å².